The fourth-order valence-electron chi connectivity index (χ4n) is 4.78. The van der Waals surface area contributed by atoms with E-state index in [4.69, 9.17) is 9.47 Å². The number of carbonyl (C=O) groups excluding carboxylic acids is 1. The molecule has 6 heteroatoms. The Morgan fingerprint density at radius 2 is 1.87 bits per heavy atom. The van der Waals surface area contributed by atoms with E-state index in [1.807, 2.05) is 23.1 Å². The van der Waals surface area contributed by atoms with E-state index in [0.29, 0.717) is 30.1 Å². The van der Waals surface area contributed by atoms with E-state index in [1.165, 1.54) is 12.0 Å². The van der Waals surface area contributed by atoms with Crippen LogP contribution in [0.25, 0.3) is 0 Å². The van der Waals surface area contributed by atoms with Crippen LogP contribution in [-0.2, 0) is 11.3 Å². The Morgan fingerprint density at radius 3 is 2.71 bits per heavy atom. The zero-order valence-corrected chi connectivity index (χ0v) is 18.8. The van der Waals surface area contributed by atoms with Crippen molar-refractivity contribution >= 4 is 11.6 Å². The Kier molecular flexibility index (Phi) is 6.66. The maximum atomic E-state index is 13.3. The second-order valence-electron chi connectivity index (χ2n) is 8.62. The van der Waals surface area contributed by atoms with Crippen molar-refractivity contribution in [2.45, 2.75) is 44.8 Å². The number of hydrogen-bond donors (Lipinski definition) is 1. The number of para-hydroxylation sites is 1. The summed E-state index contributed by atoms with van der Waals surface area (Å²) in [5.74, 6) is 1.36. The molecule has 2 atom stereocenters. The van der Waals surface area contributed by atoms with Crippen LogP contribution in [0.2, 0.25) is 0 Å². The van der Waals surface area contributed by atoms with E-state index < -0.39 is 0 Å². The molecule has 2 aliphatic rings. The molecule has 1 fully saturated rings. The van der Waals surface area contributed by atoms with Gasteiger partial charge in [-0.1, -0.05) is 24.3 Å². The second kappa shape index (κ2) is 9.60. The first-order valence-electron chi connectivity index (χ1n) is 11.1. The number of carbonyl (C=O) groups is 1. The molecule has 1 N–H and O–H groups in total. The molecule has 1 amide bonds. The highest BCUT2D eigenvalue weighted by molar-refractivity contribution is 5.78. The summed E-state index contributed by atoms with van der Waals surface area (Å²) in [5.41, 5.74) is 3.54. The molecule has 0 spiro atoms. The molecule has 1 saturated heterocycles. The average molecular weight is 424 g/mol. The van der Waals surface area contributed by atoms with Crippen molar-refractivity contribution in [2.75, 3.05) is 39.2 Å². The van der Waals surface area contributed by atoms with Crippen LogP contribution < -0.4 is 14.8 Å². The monoisotopic (exact) mass is 423 g/mol. The number of nitrogens with zero attached hydrogens (tertiary/aromatic N) is 2. The van der Waals surface area contributed by atoms with Gasteiger partial charge in [-0.2, -0.15) is 0 Å². The van der Waals surface area contributed by atoms with Gasteiger partial charge in [-0.3, -0.25) is 9.69 Å². The Labute approximate surface area is 185 Å². The molecular weight excluding hydrogens is 390 g/mol. The van der Waals surface area contributed by atoms with Crippen LogP contribution in [0.15, 0.2) is 42.5 Å². The topological polar surface area (TPSA) is 54.0 Å². The number of rotatable bonds is 4. The van der Waals surface area contributed by atoms with E-state index >= 15 is 0 Å². The van der Waals surface area contributed by atoms with E-state index in [-0.39, 0.29) is 12.5 Å². The van der Waals surface area contributed by atoms with Crippen molar-refractivity contribution in [2.24, 2.45) is 0 Å². The van der Waals surface area contributed by atoms with Crippen molar-refractivity contribution < 1.29 is 14.3 Å². The molecule has 2 aromatic carbocycles. The highest BCUT2D eigenvalue weighted by atomic mass is 16.5. The molecular formula is C25H33N3O3. The summed E-state index contributed by atoms with van der Waals surface area (Å²) in [4.78, 5) is 17.7. The number of aryl methyl sites for hydroxylation is 1. The Balaban J connectivity index is 1.54. The van der Waals surface area contributed by atoms with E-state index in [9.17, 15) is 4.79 Å². The quantitative estimate of drug-likeness (QED) is 0.813. The average Bonchev–Trinajstić information content (AvgIpc) is 3.11. The van der Waals surface area contributed by atoms with E-state index in [1.54, 1.807) is 13.2 Å². The zero-order chi connectivity index (χ0) is 21.8. The molecule has 0 aliphatic carbocycles. The highest BCUT2D eigenvalue weighted by Crippen LogP contribution is 2.29. The van der Waals surface area contributed by atoms with E-state index in [2.05, 4.69) is 42.4 Å². The number of benzene rings is 2. The van der Waals surface area contributed by atoms with Crippen LogP contribution in [0.4, 0.5) is 5.69 Å². The first-order valence-corrected chi connectivity index (χ1v) is 11.1. The lowest BCUT2D eigenvalue weighted by atomic mass is 10.1. The third kappa shape index (κ3) is 4.96. The number of hydrogen-bond acceptors (Lipinski definition) is 5. The van der Waals surface area contributed by atoms with Crippen molar-refractivity contribution in [3.8, 4) is 11.5 Å². The smallest absolute Gasteiger partial charge is 0.260 e. The van der Waals surface area contributed by atoms with Crippen molar-refractivity contribution in [1.29, 1.82) is 0 Å². The number of amides is 1. The van der Waals surface area contributed by atoms with Crippen LogP contribution in [-0.4, -0.2) is 61.6 Å². The lowest BCUT2D eigenvalue weighted by Crippen LogP contribution is -2.44. The third-order valence-corrected chi connectivity index (χ3v) is 6.67. The number of likely N-dealkylation sites (N-methyl/N-ethyl adjacent to an activating group) is 1. The summed E-state index contributed by atoms with van der Waals surface area (Å²) in [7, 11) is 3.82. The molecule has 6 nitrogen and oxygen atoms in total. The number of ether oxygens (including phenoxy) is 2. The maximum absolute atomic E-state index is 13.3. The molecule has 0 radical (unpaired) electrons. The van der Waals surface area contributed by atoms with Crippen LogP contribution in [0.1, 0.15) is 30.4 Å². The first kappa shape index (κ1) is 21.5. The molecule has 31 heavy (non-hydrogen) atoms. The summed E-state index contributed by atoms with van der Waals surface area (Å²) in [6.45, 7) is 4.40. The van der Waals surface area contributed by atoms with Gasteiger partial charge in [0.1, 0.15) is 11.5 Å². The Bertz CT molecular complexity index is 917. The first-order chi connectivity index (χ1) is 15.0. The molecule has 2 aliphatic heterocycles. The Hall–Kier alpha value is -2.73. The van der Waals surface area contributed by atoms with Crippen molar-refractivity contribution in [3.63, 3.8) is 0 Å². The maximum Gasteiger partial charge on any atom is 0.260 e. The molecule has 4 rings (SSSR count). The summed E-state index contributed by atoms with van der Waals surface area (Å²) in [5, 5.41) is 3.65. The van der Waals surface area contributed by atoms with Gasteiger partial charge in [-0.05, 0) is 56.5 Å². The van der Waals surface area contributed by atoms with Gasteiger partial charge in [0.05, 0.1) is 7.11 Å². The summed E-state index contributed by atoms with van der Waals surface area (Å²) in [6.07, 6.45) is 3.43. The normalized spacial score (nSPS) is 21.6. The number of methoxy groups -OCH3 is 1. The fraction of sp³-hybridized carbons (Fsp3) is 0.480. The van der Waals surface area contributed by atoms with Gasteiger partial charge in [0.2, 0.25) is 0 Å². The van der Waals surface area contributed by atoms with Crippen molar-refractivity contribution in [1.82, 2.24) is 9.80 Å². The fourth-order valence-corrected chi connectivity index (χ4v) is 4.78. The molecule has 2 unspecified atom stereocenters. The van der Waals surface area contributed by atoms with Crippen LogP contribution in [0, 0.1) is 6.92 Å². The number of anilines is 1. The predicted molar refractivity (Wildman–Crippen MR) is 123 cm³/mol. The van der Waals surface area contributed by atoms with Gasteiger partial charge < -0.3 is 19.7 Å². The van der Waals surface area contributed by atoms with Crippen LogP contribution in [0.5, 0.6) is 11.5 Å². The van der Waals surface area contributed by atoms with Gasteiger partial charge in [0, 0.05) is 43.5 Å². The zero-order valence-electron chi connectivity index (χ0n) is 18.8. The lowest BCUT2D eigenvalue weighted by Gasteiger charge is -2.31. The Morgan fingerprint density at radius 1 is 1.10 bits per heavy atom. The van der Waals surface area contributed by atoms with Gasteiger partial charge in [-0.25, -0.2) is 0 Å². The predicted octanol–water partition coefficient (Wildman–Crippen LogP) is 3.69. The molecule has 2 bridgehead atoms. The number of nitrogens with one attached hydrogen (secondary N) is 1. The molecule has 0 aromatic heterocycles. The van der Waals surface area contributed by atoms with E-state index in [0.717, 1.165) is 37.2 Å². The van der Waals surface area contributed by atoms with Gasteiger partial charge in [0.25, 0.3) is 5.91 Å². The summed E-state index contributed by atoms with van der Waals surface area (Å²) >= 11 is 0. The van der Waals surface area contributed by atoms with Gasteiger partial charge >= 0.3 is 0 Å². The van der Waals surface area contributed by atoms with Gasteiger partial charge in [-0.15, -0.1) is 0 Å². The minimum atomic E-state index is 0.00590. The van der Waals surface area contributed by atoms with Crippen LogP contribution in [0.3, 0.4) is 0 Å². The SMILES string of the molecule is COc1cccc(OCC(=O)N2Cc3cccc(C)c3NCCC3CCC(C2)N3C)c1. The largest absolute Gasteiger partial charge is 0.497 e. The summed E-state index contributed by atoms with van der Waals surface area (Å²) < 4.78 is 11.1. The highest BCUT2D eigenvalue weighted by Gasteiger charge is 2.33. The minimum absolute atomic E-state index is 0.00590. The minimum Gasteiger partial charge on any atom is -0.497 e. The number of fused-ring (bicyclic) bond motifs is 3. The molecule has 0 saturated carbocycles. The third-order valence-electron chi connectivity index (χ3n) is 6.67. The molecule has 166 valence electrons. The van der Waals surface area contributed by atoms with Crippen molar-refractivity contribution in [3.05, 3.63) is 53.6 Å². The lowest BCUT2D eigenvalue weighted by molar-refractivity contribution is -0.134. The molecule has 2 heterocycles. The van der Waals surface area contributed by atoms with Crippen LogP contribution >= 0.6 is 0 Å². The van der Waals surface area contributed by atoms with Gasteiger partial charge in [0.15, 0.2) is 6.61 Å². The molecule has 2 aromatic rings. The second-order valence-corrected chi connectivity index (χ2v) is 8.62. The summed E-state index contributed by atoms with van der Waals surface area (Å²) in [6, 6.07) is 14.7. The standard InChI is InChI=1S/C25H33N3O3/c1-18-6-4-7-19-15-28(24(29)17-31-23-9-5-8-22(14-23)30-3)16-21-11-10-20(27(21)2)12-13-26-25(18)19/h4-9,14,20-21,26H,10-13,15-17H2,1-3H3.